The number of likely N-dealkylation sites (N-methyl/N-ethyl adjacent to an activating group) is 1. The molecule has 2 aromatic rings. The number of nitrogens with one attached hydrogen (secondary N) is 2. The number of amides is 1. The van der Waals surface area contributed by atoms with Crippen molar-refractivity contribution >= 4 is 47.2 Å². The Morgan fingerprint density at radius 1 is 1.38 bits per heavy atom. The van der Waals surface area contributed by atoms with Gasteiger partial charge in [-0.05, 0) is 17.9 Å². The van der Waals surface area contributed by atoms with Crippen molar-refractivity contribution in [1.82, 2.24) is 25.3 Å². The smallest absolute Gasteiger partial charge is 0.241 e. The number of rotatable bonds is 7. The fraction of sp³-hybridized carbons (Fsp3) is 0.471. The summed E-state index contributed by atoms with van der Waals surface area (Å²) in [5, 5.41) is 12.9. The number of carbonyl (C=O) groups is 1. The zero-order valence-electron chi connectivity index (χ0n) is 15.7. The molecule has 0 aliphatic carbocycles. The third-order valence-corrected chi connectivity index (χ3v) is 4.53. The molecule has 0 aliphatic rings. The fourth-order valence-corrected chi connectivity index (χ4v) is 2.90. The molecule has 0 fully saturated rings. The van der Waals surface area contributed by atoms with E-state index in [2.05, 4.69) is 33.7 Å². The number of aliphatic imine (C=N–C) groups is 1. The predicted octanol–water partition coefficient (Wildman–Crippen LogP) is 1.99. The number of carbonyl (C=O) groups excluding carboxylic acids is 1. The third-order valence-electron chi connectivity index (χ3n) is 3.65. The van der Waals surface area contributed by atoms with Crippen LogP contribution in [0.2, 0.25) is 0 Å². The van der Waals surface area contributed by atoms with Gasteiger partial charge in [-0.1, -0.05) is 13.0 Å². The highest BCUT2D eigenvalue weighted by Gasteiger charge is 2.08. The molecule has 0 atom stereocenters. The topological polar surface area (TPSA) is 74.5 Å². The van der Waals surface area contributed by atoms with Crippen molar-refractivity contribution in [2.24, 2.45) is 12.0 Å². The summed E-state index contributed by atoms with van der Waals surface area (Å²) in [7, 11) is 5.39. The molecule has 2 N–H and O–H groups in total. The van der Waals surface area contributed by atoms with Crippen LogP contribution >= 0.6 is 35.3 Å². The number of hydrogen-bond acceptors (Lipinski definition) is 4. The molecule has 0 saturated carbocycles. The second-order valence-electron chi connectivity index (χ2n) is 5.87. The molecule has 2 heterocycles. The number of aromatic nitrogens is 2. The summed E-state index contributed by atoms with van der Waals surface area (Å²) in [6.07, 6.45) is 2.86. The summed E-state index contributed by atoms with van der Waals surface area (Å²) < 4.78 is 1.81. The number of thiophene rings is 1. The SMILES string of the molecule is CCc1nn(C)cc1CN=C(NCC(=O)N(C)C)NCc1cccs1.I. The Labute approximate surface area is 175 Å². The second kappa shape index (κ2) is 11.2. The number of guanidine groups is 1. The minimum Gasteiger partial charge on any atom is -0.351 e. The van der Waals surface area contributed by atoms with Crippen LogP contribution in [0.3, 0.4) is 0 Å². The molecule has 2 aromatic heterocycles. The molecular weight excluding hydrogens is 463 g/mol. The van der Waals surface area contributed by atoms with Gasteiger partial charge in [0.1, 0.15) is 0 Å². The van der Waals surface area contributed by atoms with Gasteiger partial charge in [-0.3, -0.25) is 9.48 Å². The zero-order chi connectivity index (χ0) is 18.2. The first kappa shape index (κ1) is 22.4. The average molecular weight is 490 g/mol. The lowest BCUT2D eigenvalue weighted by Crippen LogP contribution is -2.42. The van der Waals surface area contributed by atoms with Gasteiger partial charge in [0.15, 0.2) is 5.96 Å². The van der Waals surface area contributed by atoms with Gasteiger partial charge in [-0.2, -0.15) is 5.10 Å². The van der Waals surface area contributed by atoms with Crippen LogP contribution in [-0.2, 0) is 31.4 Å². The Kier molecular flexibility index (Phi) is 9.63. The van der Waals surface area contributed by atoms with Crippen LogP contribution in [-0.4, -0.2) is 47.2 Å². The molecule has 0 aromatic carbocycles. The Balaban J connectivity index is 0.00000338. The average Bonchev–Trinajstić information content (AvgIpc) is 3.22. The lowest BCUT2D eigenvalue weighted by molar-refractivity contribution is -0.127. The molecule has 7 nitrogen and oxygen atoms in total. The van der Waals surface area contributed by atoms with Crippen LogP contribution in [0.25, 0.3) is 0 Å². The maximum Gasteiger partial charge on any atom is 0.241 e. The third kappa shape index (κ3) is 6.94. The maximum absolute atomic E-state index is 11.8. The van der Waals surface area contributed by atoms with Crippen molar-refractivity contribution in [3.8, 4) is 0 Å². The van der Waals surface area contributed by atoms with E-state index in [0.29, 0.717) is 19.0 Å². The van der Waals surface area contributed by atoms with Crippen LogP contribution in [0.4, 0.5) is 0 Å². The summed E-state index contributed by atoms with van der Waals surface area (Å²) >= 11 is 1.68. The van der Waals surface area contributed by atoms with Crippen molar-refractivity contribution in [3.05, 3.63) is 39.8 Å². The van der Waals surface area contributed by atoms with E-state index >= 15 is 0 Å². The number of halogens is 1. The monoisotopic (exact) mass is 490 g/mol. The Morgan fingerprint density at radius 3 is 2.77 bits per heavy atom. The molecule has 0 bridgehead atoms. The van der Waals surface area contributed by atoms with E-state index in [1.165, 1.54) is 4.88 Å². The van der Waals surface area contributed by atoms with Crippen LogP contribution in [0.5, 0.6) is 0 Å². The second-order valence-corrected chi connectivity index (χ2v) is 6.90. The van der Waals surface area contributed by atoms with E-state index in [4.69, 9.17) is 0 Å². The minimum absolute atomic E-state index is 0. The highest BCUT2D eigenvalue weighted by Crippen LogP contribution is 2.09. The fourth-order valence-electron chi connectivity index (χ4n) is 2.25. The number of aryl methyl sites for hydroxylation is 2. The summed E-state index contributed by atoms with van der Waals surface area (Å²) in [6, 6.07) is 4.08. The lowest BCUT2D eigenvalue weighted by Gasteiger charge is -2.14. The lowest BCUT2D eigenvalue weighted by atomic mass is 10.2. The number of hydrogen-bond donors (Lipinski definition) is 2. The van der Waals surface area contributed by atoms with E-state index in [-0.39, 0.29) is 36.4 Å². The standard InChI is InChI=1S/C17H26N6OS.HI/c1-5-15-13(12-23(4)21-15)9-18-17(20-11-16(24)22(2)3)19-10-14-7-6-8-25-14;/h6-8,12H,5,9-11H2,1-4H3,(H2,18,19,20);1H. The molecule has 26 heavy (non-hydrogen) atoms. The van der Waals surface area contributed by atoms with Gasteiger partial charge in [0.05, 0.1) is 25.3 Å². The van der Waals surface area contributed by atoms with Gasteiger partial charge in [-0.15, -0.1) is 35.3 Å². The molecule has 9 heteroatoms. The molecule has 0 aliphatic heterocycles. The van der Waals surface area contributed by atoms with Crippen molar-refractivity contribution in [2.45, 2.75) is 26.4 Å². The van der Waals surface area contributed by atoms with Gasteiger partial charge in [-0.25, -0.2) is 4.99 Å². The molecule has 0 unspecified atom stereocenters. The Morgan fingerprint density at radius 2 is 2.15 bits per heavy atom. The van der Waals surface area contributed by atoms with Crippen molar-refractivity contribution < 1.29 is 4.79 Å². The first-order valence-corrected chi connectivity index (χ1v) is 9.13. The Bertz CT molecular complexity index is 711. The largest absolute Gasteiger partial charge is 0.351 e. The van der Waals surface area contributed by atoms with Crippen LogP contribution in [0.15, 0.2) is 28.7 Å². The van der Waals surface area contributed by atoms with Crippen molar-refractivity contribution in [1.29, 1.82) is 0 Å². The van der Waals surface area contributed by atoms with E-state index in [9.17, 15) is 4.79 Å². The van der Waals surface area contributed by atoms with Gasteiger partial charge in [0.2, 0.25) is 5.91 Å². The Hall–Kier alpha value is -1.62. The molecule has 2 rings (SSSR count). The molecule has 0 radical (unpaired) electrons. The molecule has 0 saturated heterocycles. The van der Waals surface area contributed by atoms with E-state index in [0.717, 1.165) is 17.7 Å². The van der Waals surface area contributed by atoms with E-state index in [1.807, 2.05) is 29.4 Å². The summed E-state index contributed by atoms with van der Waals surface area (Å²) in [5.41, 5.74) is 2.15. The van der Waals surface area contributed by atoms with Gasteiger partial charge >= 0.3 is 0 Å². The van der Waals surface area contributed by atoms with Gasteiger partial charge < -0.3 is 15.5 Å². The zero-order valence-corrected chi connectivity index (χ0v) is 18.8. The minimum atomic E-state index is 0. The van der Waals surface area contributed by atoms with Crippen LogP contribution < -0.4 is 10.6 Å². The van der Waals surface area contributed by atoms with E-state index in [1.54, 1.807) is 30.3 Å². The molecule has 0 spiro atoms. The van der Waals surface area contributed by atoms with Crippen LogP contribution in [0, 0.1) is 0 Å². The summed E-state index contributed by atoms with van der Waals surface area (Å²) in [4.78, 5) is 19.2. The first-order chi connectivity index (χ1) is 12.0. The van der Waals surface area contributed by atoms with Gasteiger partial charge in [0, 0.05) is 37.8 Å². The predicted molar refractivity (Wildman–Crippen MR) is 117 cm³/mol. The van der Waals surface area contributed by atoms with Crippen molar-refractivity contribution in [2.75, 3.05) is 20.6 Å². The first-order valence-electron chi connectivity index (χ1n) is 8.25. The molecular formula is C17H27IN6OS. The normalized spacial score (nSPS) is 11.0. The highest BCUT2D eigenvalue weighted by molar-refractivity contribution is 14.0. The molecule has 1 amide bonds. The quantitative estimate of drug-likeness (QED) is 0.354. The number of nitrogens with zero attached hydrogens (tertiary/aromatic N) is 4. The summed E-state index contributed by atoms with van der Waals surface area (Å²) in [6.45, 7) is 3.48. The summed E-state index contributed by atoms with van der Waals surface area (Å²) in [5.74, 6) is 0.621. The van der Waals surface area contributed by atoms with Gasteiger partial charge in [0.25, 0.3) is 0 Å². The highest BCUT2D eigenvalue weighted by atomic mass is 127. The molecule has 144 valence electrons. The maximum atomic E-state index is 11.8. The van der Waals surface area contributed by atoms with E-state index < -0.39 is 0 Å². The van der Waals surface area contributed by atoms with Crippen LogP contribution in [0.1, 0.15) is 23.1 Å². The van der Waals surface area contributed by atoms with Crippen molar-refractivity contribution in [3.63, 3.8) is 0 Å².